The lowest BCUT2D eigenvalue weighted by molar-refractivity contribution is -0.0429. The summed E-state index contributed by atoms with van der Waals surface area (Å²) in [5.74, 6) is -0.519. The molecular weight excluding hydrogens is 440 g/mol. The van der Waals surface area contributed by atoms with Gasteiger partial charge < -0.3 is 10.4 Å². The highest BCUT2D eigenvalue weighted by molar-refractivity contribution is 7.93. The van der Waals surface area contributed by atoms with Crippen molar-refractivity contribution < 1.29 is 26.7 Å². The van der Waals surface area contributed by atoms with E-state index in [-0.39, 0.29) is 11.3 Å². The lowest BCUT2D eigenvalue weighted by atomic mass is 9.89. The van der Waals surface area contributed by atoms with Gasteiger partial charge in [-0.1, -0.05) is 41.4 Å². The first kappa shape index (κ1) is 22.8. The Kier molecular flexibility index (Phi) is 7.22. The third-order valence-electron chi connectivity index (χ3n) is 3.96. The van der Waals surface area contributed by atoms with E-state index < -0.39 is 27.6 Å². The van der Waals surface area contributed by atoms with Crippen molar-refractivity contribution in [3.8, 4) is 0 Å². The van der Waals surface area contributed by atoms with Crippen LogP contribution in [-0.2, 0) is 10.0 Å². The first-order valence-corrected chi connectivity index (χ1v) is 10.2. The van der Waals surface area contributed by atoms with E-state index in [0.717, 1.165) is 12.1 Å². The number of hydrogen-bond acceptors (Lipinski definition) is 4. The average molecular weight is 457 g/mol. The van der Waals surface area contributed by atoms with E-state index in [9.17, 15) is 26.7 Å². The molecule has 0 saturated heterocycles. The van der Waals surface area contributed by atoms with Crippen molar-refractivity contribution in [1.82, 2.24) is 5.32 Å². The number of anilines is 1. The van der Waals surface area contributed by atoms with Crippen LogP contribution in [0.5, 0.6) is 0 Å². The van der Waals surface area contributed by atoms with Crippen LogP contribution in [0.3, 0.4) is 0 Å². The molecule has 5 nitrogen and oxygen atoms in total. The summed E-state index contributed by atoms with van der Waals surface area (Å²) >= 11 is 11.9. The summed E-state index contributed by atoms with van der Waals surface area (Å²) in [4.78, 5) is 0. The first-order chi connectivity index (χ1) is 13.0. The summed E-state index contributed by atoms with van der Waals surface area (Å²) in [6.45, 7) is 0.317. The molecule has 3 N–H and O–H groups in total. The standard InChI is InChI=1S/C17H17Cl2F3N2O3S/c1-23-9-13(10-5-6-14(18)15(19)8-10)16(25)11-3-2-4-12(7-11)24-28(26,27)17(20,21)22/h2-8,13,16,23-25H,9H2,1H3. The normalized spacial score (nSPS) is 14.5. The number of halogens is 5. The maximum atomic E-state index is 12.6. The molecule has 0 aromatic heterocycles. The predicted molar refractivity (Wildman–Crippen MR) is 103 cm³/mol. The summed E-state index contributed by atoms with van der Waals surface area (Å²) in [6.07, 6.45) is -1.15. The summed E-state index contributed by atoms with van der Waals surface area (Å²) in [6, 6.07) is 9.97. The molecule has 0 radical (unpaired) electrons. The number of aliphatic hydroxyl groups excluding tert-OH is 1. The number of benzene rings is 2. The fourth-order valence-corrected chi connectivity index (χ4v) is 3.47. The molecule has 0 aliphatic rings. The Labute approximate surface area is 170 Å². The largest absolute Gasteiger partial charge is 0.516 e. The van der Waals surface area contributed by atoms with Crippen LogP contribution in [0.25, 0.3) is 0 Å². The molecule has 28 heavy (non-hydrogen) atoms. The van der Waals surface area contributed by atoms with E-state index in [1.54, 1.807) is 25.2 Å². The molecule has 0 bridgehead atoms. The van der Waals surface area contributed by atoms with Gasteiger partial charge >= 0.3 is 15.5 Å². The molecule has 0 heterocycles. The molecule has 2 aromatic carbocycles. The molecule has 0 spiro atoms. The van der Waals surface area contributed by atoms with Gasteiger partial charge in [-0.15, -0.1) is 0 Å². The average Bonchev–Trinajstić information content (AvgIpc) is 2.60. The smallest absolute Gasteiger partial charge is 0.388 e. The van der Waals surface area contributed by atoms with Crippen molar-refractivity contribution in [2.75, 3.05) is 18.3 Å². The van der Waals surface area contributed by atoms with Crippen molar-refractivity contribution >= 4 is 38.9 Å². The summed E-state index contributed by atoms with van der Waals surface area (Å²) in [7, 11) is -3.89. The van der Waals surface area contributed by atoms with Crippen LogP contribution in [0.4, 0.5) is 18.9 Å². The fraction of sp³-hybridized carbons (Fsp3) is 0.294. The number of hydrogen-bond donors (Lipinski definition) is 3. The molecule has 0 amide bonds. The van der Waals surface area contributed by atoms with E-state index in [0.29, 0.717) is 22.2 Å². The van der Waals surface area contributed by atoms with Gasteiger partial charge in [-0.3, -0.25) is 4.72 Å². The molecule has 0 aliphatic heterocycles. The third-order valence-corrected chi connectivity index (χ3v) is 5.81. The van der Waals surface area contributed by atoms with E-state index in [1.165, 1.54) is 16.9 Å². The zero-order chi connectivity index (χ0) is 21.1. The Morgan fingerprint density at radius 3 is 2.32 bits per heavy atom. The van der Waals surface area contributed by atoms with Crippen molar-refractivity contribution in [3.63, 3.8) is 0 Å². The van der Waals surface area contributed by atoms with Gasteiger partial charge in [0.1, 0.15) is 0 Å². The molecule has 2 unspecified atom stereocenters. The number of nitrogens with one attached hydrogen (secondary N) is 2. The number of sulfonamides is 1. The molecule has 11 heteroatoms. The fourth-order valence-electron chi connectivity index (χ4n) is 2.61. The molecule has 2 aromatic rings. The second-order valence-electron chi connectivity index (χ2n) is 5.96. The Hall–Kier alpha value is -1.52. The highest BCUT2D eigenvalue weighted by Gasteiger charge is 2.46. The molecule has 0 aliphatic carbocycles. The SMILES string of the molecule is CNCC(c1ccc(Cl)c(Cl)c1)C(O)c1cccc(NS(=O)(=O)C(F)(F)F)c1. The monoisotopic (exact) mass is 456 g/mol. The maximum absolute atomic E-state index is 12.6. The van der Waals surface area contributed by atoms with Crippen molar-refractivity contribution in [2.45, 2.75) is 17.5 Å². The highest BCUT2D eigenvalue weighted by Crippen LogP contribution is 2.35. The predicted octanol–water partition coefficient (Wildman–Crippen LogP) is 4.29. The lowest BCUT2D eigenvalue weighted by Crippen LogP contribution is -2.30. The first-order valence-electron chi connectivity index (χ1n) is 7.93. The number of aliphatic hydroxyl groups is 1. The van der Waals surface area contributed by atoms with Gasteiger partial charge in [-0.05, 0) is 42.4 Å². The summed E-state index contributed by atoms with van der Waals surface area (Å²) in [5, 5.41) is 14.3. The van der Waals surface area contributed by atoms with E-state index in [1.807, 2.05) is 0 Å². The minimum Gasteiger partial charge on any atom is -0.388 e. The topological polar surface area (TPSA) is 78.4 Å². The van der Waals surface area contributed by atoms with Crippen LogP contribution in [0.15, 0.2) is 42.5 Å². The van der Waals surface area contributed by atoms with E-state index in [2.05, 4.69) is 5.32 Å². The van der Waals surface area contributed by atoms with Crippen molar-refractivity contribution in [2.24, 2.45) is 0 Å². The van der Waals surface area contributed by atoms with Crippen LogP contribution in [0, 0.1) is 0 Å². The van der Waals surface area contributed by atoms with Crippen LogP contribution < -0.4 is 10.0 Å². The highest BCUT2D eigenvalue weighted by atomic mass is 35.5. The van der Waals surface area contributed by atoms with Crippen LogP contribution >= 0.6 is 23.2 Å². The second-order valence-corrected chi connectivity index (χ2v) is 8.45. The number of rotatable bonds is 7. The molecule has 0 fully saturated rings. The lowest BCUT2D eigenvalue weighted by Gasteiger charge is -2.24. The minimum absolute atomic E-state index is 0.230. The molecular formula is C17H17Cl2F3N2O3S. The zero-order valence-electron chi connectivity index (χ0n) is 14.5. The van der Waals surface area contributed by atoms with E-state index >= 15 is 0 Å². The summed E-state index contributed by atoms with van der Waals surface area (Å²) in [5.41, 5.74) is -4.88. The van der Waals surface area contributed by atoms with Crippen LogP contribution in [-0.4, -0.2) is 32.6 Å². The molecule has 2 rings (SSSR count). The van der Waals surface area contributed by atoms with Crippen LogP contribution in [0.1, 0.15) is 23.1 Å². The number of likely N-dealkylation sites (N-methyl/N-ethyl adjacent to an activating group) is 1. The number of alkyl halides is 3. The van der Waals surface area contributed by atoms with Crippen molar-refractivity contribution in [3.05, 3.63) is 63.6 Å². The Bertz CT molecular complexity index is 939. The van der Waals surface area contributed by atoms with Gasteiger partial charge in [0.2, 0.25) is 0 Å². The quantitative estimate of drug-likeness (QED) is 0.580. The van der Waals surface area contributed by atoms with Gasteiger partial charge in [-0.2, -0.15) is 21.6 Å². The van der Waals surface area contributed by atoms with E-state index in [4.69, 9.17) is 23.2 Å². The van der Waals surface area contributed by atoms with Gasteiger partial charge in [0.15, 0.2) is 0 Å². The van der Waals surface area contributed by atoms with Gasteiger partial charge in [0.25, 0.3) is 0 Å². The Balaban J connectivity index is 2.35. The molecule has 0 saturated carbocycles. The van der Waals surface area contributed by atoms with Crippen molar-refractivity contribution in [1.29, 1.82) is 0 Å². The minimum atomic E-state index is -5.56. The molecule has 2 atom stereocenters. The Morgan fingerprint density at radius 1 is 1.07 bits per heavy atom. The van der Waals surface area contributed by atoms with Gasteiger partial charge in [-0.25, -0.2) is 0 Å². The summed E-state index contributed by atoms with van der Waals surface area (Å²) < 4.78 is 61.8. The maximum Gasteiger partial charge on any atom is 0.516 e. The van der Waals surface area contributed by atoms with Gasteiger partial charge in [0.05, 0.1) is 16.1 Å². The third kappa shape index (κ3) is 5.30. The van der Waals surface area contributed by atoms with Gasteiger partial charge in [0, 0.05) is 18.2 Å². The van der Waals surface area contributed by atoms with Crippen LogP contribution in [0.2, 0.25) is 10.0 Å². The zero-order valence-corrected chi connectivity index (χ0v) is 16.8. The molecule has 154 valence electrons. The Morgan fingerprint density at radius 2 is 1.75 bits per heavy atom. The second kappa shape index (κ2) is 8.87.